The molecule has 3 heteroatoms. The Morgan fingerprint density at radius 2 is 1.78 bits per heavy atom. The van der Waals surface area contributed by atoms with Crippen molar-refractivity contribution in [2.45, 2.75) is 58.0 Å². The van der Waals surface area contributed by atoms with Gasteiger partial charge in [-0.25, -0.2) is 0 Å². The molecule has 0 bridgehead atoms. The van der Waals surface area contributed by atoms with Crippen molar-refractivity contribution in [3.63, 3.8) is 0 Å². The maximum Gasteiger partial charge on any atom is 0.0774 e. The maximum absolute atomic E-state index is 10.5. The van der Waals surface area contributed by atoms with Crippen molar-refractivity contribution in [3.8, 4) is 0 Å². The lowest BCUT2D eigenvalue weighted by molar-refractivity contribution is 0.00434. The van der Waals surface area contributed by atoms with E-state index in [2.05, 4.69) is 31.1 Å². The molecule has 2 N–H and O–H groups in total. The van der Waals surface area contributed by atoms with Gasteiger partial charge >= 0.3 is 0 Å². The Morgan fingerprint density at radius 1 is 1.22 bits per heavy atom. The fourth-order valence-corrected chi connectivity index (χ4v) is 3.48. The number of nitrogens with one attached hydrogen (secondary N) is 1. The topological polar surface area (TPSA) is 35.5 Å². The zero-order valence-electron chi connectivity index (χ0n) is 12.8. The lowest BCUT2D eigenvalue weighted by Gasteiger charge is -2.38. The zero-order valence-corrected chi connectivity index (χ0v) is 12.8. The summed E-state index contributed by atoms with van der Waals surface area (Å²) in [6.07, 6.45) is 6.71. The highest BCUT2D eigenvalue weighted by Crippen LogP contribution is 2.32. The molecule has 1 aliphatic rings. The van der Waals surface area contributed by atoms with Crippen LogP contribution in [0.4, 0.5) is 0 Å². The van der Waals surface area contributed by atoms with E-state index >= 15 is 0 Å². The Bertz CT molecular complexity index is 233. The molecule has 1 fully saturated rings. The zero-order chi connectivity index (χ0) is 13.6. The molecule has 3 nitrogen and oxygen atoms in total. The summed E-state index contributed by atoms with van der Waals surface area (Å²) < 4.78 is 0. The molecule has 108 valence electrons. The highest BCUT2D eigenvalue weighted by molar-refractivity contribution is 4.89. The maximum atomic E-state index is 10.5. The van der Waals surface area contributed by atoms with Crippen molar-refractivity contribution in [1.82, 2.24) is 10.2 Å². The van der Waals surface area contributed by atoms with E-state index in [4.69, 9.17) is 0 Å². The summed E-state index contributed by atoms with van der Waals surface area (Å²) in [6, 6.07) is 0. The third-order valence-electron chi connectivity index (χ3n) is 4.76. The van der Waals surface area contributed by atoms with Crippen LogP contribution in [-0.2, 0) is 0 Å². The van der Waals surface area contributed by atoms with Crippen LogP contribution in [0.3, 0.4) is 0 Å². The van der Waals surface area contributed by atoms with Crippen LogP contribution < -0.4 is 5.32 Å². The summed E-state index contributed by atoms with van der Waals surface area (Å²) in [5, 5.41) is 13.8. The van der Waals surface area contributed by atoms with Crippen LogP contribution in [-0.4, -0.2) is 49.3 Å². The minimum atomic E-state index is -0.415. The third-order valence-corrected chi connectivity index (χ3v) is 4.76. The van der Waals surface area contributed by atoms with Crippen LogP contribution >= 0.6 is 0 Å². The summed E-state index contributed by atoms with van der Waals surface area (Å²) in [4.78, 5) is 2.34. The average Bonchev–Trinajstić information content (AvgIpc) is 2.74. The van der Waals surface area contributed by atoms with E-state index in [1.165, 1.54) is 25.7 Å². The van der Waals surface area contributed by atoms with Crippen LogP contribution in [0, 0.1) is 5.41 Å². The summed E-state index contributed by atoms with van der Waals surface area (Å²) in [5.41, 5.74) is -0.0694. The van der Waals surface area contributed by atoms with E-state index in [1.54, 1.807) is 0 Å². The van der Waals surface area contributed by atoms with Crippen LogP contribution in [0.5, 0.6) is 0 Å². The van der Waals surface area contributed by atoms with Gasteiger partial charge in [0.25, 0.3) is 0 Å². The lowest BCUT2D eigenvalue weighted by atomic mass is 9.81. The molecule has 0 heterocycles. The van der Waals surface area contributed by atoms with E-state index in [9.17, 15) is 5.11 Å². The van der Waals surface area contributed by atoms with E-state index < -0.39 is 5.60 Å². The molecule has 0 atom stereocenters. The van der Waals surface area contributed by atoms with Gasteiger partial charge in [0.05, 0.1) is 5.60 Å². The van der Waals surface area contributed by atoms with Crippen LogP contribution in [0.15, 0.2) is 0 Å². The quantitative estimate of drug-likeness (QED) is 0.699. The summed E-state index contributed by atoms with van der Waals surface area (Å²) in [6.45, 7) is 7.52. The number of likely N-dealkylation sites (N-methyl/N-ethyl adjacent to an activating group) is 1. The normalized spacial score (nSPS) is 19.7. The molecule has 0 amide bonds. The van der Waals surface area contributed by atoms with Crippen molar-refractivity contribution < 1.29 is 5.11 Å². The molecule has 0 spiro atoms. The van der Waals surface area contributed by atoms with Gasteiger partial charge in [-0.15, -0.1) is 0 Å². The smallest absolute Gasteiger partial charge is 0.0774 e. The Balaban J connectivity index is 2.52. The molecule has 0 unspecified atom stereocenters. The molecule has 0 saturated heterocycles. The van der Waals surface area contributed by atoms with E-state index in [1.807, 2.05) is 7.05 Å². The Kier molecular flexibility index (Phi) is 6.09. The molecule has 0 radical (unpaired) electrons. The number of rotatable bonds is 8. The first-order chi connectivity index (χ1) is 8.49. The first kappa shape index (κ1) is 15.9. The molecule has 0 aliphatic heterocycles. The SMILES string of the molecule is CCC(CC)(CNC)CN(C)CC1(O)CCCC1. The molecule has 0 aromatic heterocycles. The minimum Gasteiger partial charge on any atom is -0.389 e. The fourth-order valence-electron chi connectivity index (χ4n) is 3.48. The van der Waals surface area contributed by atoms with Gasteiger partial charge in [-0.3, -0.25) is 0 Å². The lowest BCUT2D eigenvalue weighted by Crippen LogP contribution is -2.46. The van der Waals surface area contributed by atoms with Crippen molar-refractivity contribution in [3.05, 3.63) is 0 Å². The predicted molar refractivity (Wildman–Crippen MR) is 77.9 cm³/mol. The molecule has 1 aliphatic carbocycles. The highest BCUT2D eigenvalue weighted by atomic mass is 16.3. The summed E-state index contributed by atoms with van der Waals surface area (Å²) in [5.74, 6) is 0. The first-order valence-corrected chi connectivity index (χ1v) is 7.55. The van der Waals surface area contributed by atoms with E-state index in [0.29, 0.717) is 5.41 Å². The summed E-state index contributed by atoms with van der Waals surface area (Å²) >= 11 is 0. The number of hydrogen-bond donors (Lipinski definition) is 2. The van der Waals surface area contributed by atoms with Gasteiger partial charge in [0.2, 0.25) is 0 Å². The predicted octanol–water partition coefficient (Wildman–Crippen LogP) is 2.25. The fraction of sp³-hybridized carbons (Fsp3) is 1.00. The highest BCUT2D eigenvalue weighted by Gasteiger charge is 2.34. The van der Waals surface area contributed by atoms with Gasteiger partial charge in [0, 0.05) is 19.6 Å². The second kappa shape index (κ2) is 6.88. The molecular formula is C15H32N2O. The number of nitrogens with zero attached hydrogens (tertiary/aromatic N) is 1. The van der Waals surface area contributed by atoms with Crippen LogP contribution in [0.1, 0.15) is 52.4 Å². The van der Waals surface area contributed by atoms with E-state index in [0.717, 1.165) is 32.5 Å². The van der Waals surface area contributed by atoms with Gasteiger partial charge in [0.1, 0.15) is 0 Å². The van der Waals surface area contributed by atoms with Crippen molar-refractivity contribution in [1.29, 1.82) is 0 Å². The van der Waals surface area contributed by atoms with Gasteiger partial charge in [-0.2, -0.15) is 0 Å². The van der Waals surface area contributed by atoms with Crippen LogP contribution in [0.2, 0.25) is 0 Å². The van der Waals surface area contributed by atoms with Crippen molar-refractivity contribution in [2.75, 3.05) is 33.7 Å². The Labute approximate surface area is 113 Å². The Morgan fingerprint density at radius 3 is 2.22 bits per heavy atom. The van der Waals surface area contributed by atoms with Gasteiger partial charge in [0.15, 0.2) is 0 Å². The standard InChI is InChI=1S/C15H32N2O/c1-5-14(6-2,11-16-3)12-17(4)13-15(18)9-7-8-10-15/h16,18H,5-13H2,1-4H3. The van der Waals surface area contributed by atoms with Gasteiger partial charge in [-0.1, -0.05) is 26.7 Å². The Hall–Kier alpha value is -0.120. The number of hydrogen-bond acceptors (Lipinski definition) is 3. The average molecular weight is 256 g/mol. The first-order valence-electron chi connectivity index (χ1n) is 7.55. The monoisotopic (exact) mass is 256 g/mol. The largest absolute Gasteiger partial charge is 0.389 e. The van der Waals surface area contributed by atoms with Gasteiger partial charge in [-0.05, 0) is 45.2 Å². The van der Waals surface area contributed by atoms with Gasteiger partial charge < -0.3 is 15.3 Å². The molecule has 1 rings (SSSR count). The molecule has 18 heavy (non-hydrogen) atoms. The molecular weight excluding hydrogens is 224 g/mol. The van der Waals surface area contributed by atoms with E-state index in [-0.39, 0.29) is 0 Å². The minimum absolute atomic E-state index is 0.346. The second-order valence-corrected chi connectivity index (χ2v) is 6.34. The molecule has 1 saturated carbocycles. The number of aliphatic hydroxyl groups is 1. The molecule has 0 aromatic rings. The van der Waals surface area contributed by atoms with Crippen molar-refractivity contribution in [2.24, 2.45) is 5.41 Å². The van der Waals surface area contributed by atoms with Crippen LogP contribution in [0.25, 0.3) is 0 Å². The second-order valence-electron chi connectivity index (χ2n) is 6.34. The molecule has 0 aromatic carbocycles. The summed E-state index contributed by atoms with van der Waals surface area (Å²) in [7, 11) is 4.19. The third kappa shape index (κ3) is 4.22. The van der Waals surface area contributed by atoms with Crippen molar-refractivity contribution >= 4 is 0 Å².